The van der Waals surface area contributed by atoms with Crippen LogP contribution in [0.4, 0.5) is 4.39 Å². The monoisotopic (exact) mass is 327 g/mol. The Hall–Kier alpha value is -1.56. The van der Waals surface area contributed by atoms with Gasteiger partial charge in [-0.2, -0.15) is 11.8 Å². The van der Waals surface area contributed by atoms with Crippen molar-refractivity contribution in [3.05, 3.63) is 35.6 Å². The van der Waals surface area contributed by atoms with Crippen molar-refractivity contribution in [1.82, 2.24) is 5.32 Å². The highest BCUT2D eigenvalue weighted by molar-refractivity contribution is 7.99. The molecular formula is C16H22FNO3S. The summed E-state index contributed by atoms with van der Waals surface area (Å²) in [5, 5.41) is 11.7. The van der Waals surface area contributed by atoms with E-state index in [1.165, 1.54) is 36.0 Å². The molecule has 0 aliphatic carbocycles. The number of hydrogen-bond acceptors (Lipinski definition) is 3. The Balaban J connectivity index is 2.55. The minimum atomic E-state index is -1.01. The Morgan fingerprint density at radius 2 is 1.91 bits per heavy atom. The lowest BCUT2D eigenvalue weighted by Crippen LogP contribution is -2.31. The smallest absolute Gasteiger partial charge is 0.305 e. The fraction of sp³-hybridized carbons (Fsp3) is 0.500. The number of carbonyl (C=O) groups excluding carboxylic acids is 1. The number of carbonyl (C=O) groups is 2. The van der Waals surface area contributed by atoms with Crippen LogP contribution in [0.2, 0.25) is 0 Å². The van der Waals surface area contributed by atoms with Gasteiger partial charge in [-0.15, -0.1) is 0 Å². The third kappa shape index (κ3) is 7.45. The van der Waals surface area contributed by atoms with E-state index in [0.717, 1.165) is 12.2 Å². The second-order valence-corrected chi connectivity index (χ2v) is 6.61. The van der Waals surface area contributed by atoms with Crippen molar-refractivity contribution in [3.63, 3.8) is 0 Å². The number of thioether (sulfide) groups is 1. The van der Waals surface area contributed by atoms with Crippen LogP contribution in [0, 0.1) is 11.7 Å². The normalized spacial score (nSPS) is 12.2. The molecule has 0 spiro atoms. The van der Waals surface area contributed by atoms with E-state index in [-0.39, 0.29) is 12.3 Å². The molecule has 6 heteroatoms. The summed E-state index contributed by atoms with van der Waals surface area (Å²) < 4.78 is 12.9. The van der Waals surface area contributed by atoms with E-state index >= 15 is 0 Å². The summed E-state index contributed by atoms with van der Waals surface area (Å²) >= 11 is 1.53. The highest BCUT2D eigenvalue weighted by atomic mass is 32.2. The number of hydrogen-bond donors (Lipinski definition) is 2. The Bertz CT molecular complexity index is 491. The molecule has 0 fully saturated rings. The van der Waals surface area contributed by atoms with Crippen LogP contribution in [0.1, 0.15) is 38.3 Å². The summed E-state index contributed by atoms with van der Waals surface area (Å²) in [6, 6.07) is 4.86. The maximum absolute atomic E-state index is 12.9. The third-order valence-corrected chi connectivity index (χ3v) is 4.05. The second-order valence-electron chi connectivity index (χ2n) is 5.50. The molecule has 0 aromatic heterocycles. The van der Waals surface area contributed by atoms with Crippen LogP contribution >= 0.6 is 11.8 Å². The molecule has 4 nitrogen and oxygen atoms in total. The fourth-order valence-corrected chi connectivity index (χ4v) is 2.89. The molecule has 0 heterocycles. The van der Waals surface area contributed by atoms with Crippen molar-refractivity contribution >= 4 is 23.6 Å². The van der Waals surface area contributed by atoms with Crippen LogP contribution in [-0.4, -0.2) is 28.5 Å². The summed E-state index contributed by atoms with van der Waals surface area (Å²) in [7, 11) is 0. The van der Waals surface area contributed by atoms with Crippen molar-refractivity contribution in [2.75, 3.05) is 11.5 Å². The molecule has 0 saturated carbocycles. The van der Waals surface area contributed by atoms with Gasteiger partial charge in [0.15, 0.2) is 0 Å². The second kappa shape index (κ2) is 9.46. The first kappa shape index (κ1) is 18.5. The average Bonchev–Trinajstić information content (AvgIpc) is 2.43. The number of halogens is 1. The number of carboxylic acids is 1. The predicted molar refractivity (Wildman–Crippen MR) is 86.3 cm³/mol. The van der Waals surface area contributed by atoms with Gasteiger partial charge in [-0.05, 0) is 35.8 Å². The van der Waals surface area contributed by atoms with E-state index in [9.17, 15) is 14.0 Å². The molecule has 0 bridgehead atoms. The summed E-state index contributed by atoms with van der Waals surface area (Å²) in [5.41, 5.74) is 0.587. The first-order chi connectivity index (χ1) is 10.4. The van der Waals surface area contributed by atoms with Gasteiger partial charge in [-0.3, -0.25) is 9.59 Å². The standard InChI is InChI=1S/C16H22FNO3S/c1-11(2)7-8-22-10-15(19)18-14(9-16(20)21)12-3-5-13(17)6-4-12/h3-6,11,14H,7-10H2,1-2H3,(H,18,19)(H,20,21). The highest BCUT2D eigenvalue weighted by Gasteiger charge is 2.18. The van der Waals surface area contributed by atoms with E-state index in [0.29, 0.717) is 17.2 Å². The van der Waals surface area contributed by atoms with Gasteiger partial charge in [0.25, 0.3) is 0 Å². The van der Waals surface area contributed by atoms with E-state index in [1.54, 1.807) is 0 Å². The van der Waals surface area contributed by atoms with Crippen molar-refractivity contribution in [2.45, 2.75) is 32.7 Å². The van der Waals surface area contributed by atoms with Gasteiger partial charge < -0.3 is 10.4 Å². The first-order valence-corrected chi connectivity index (χ1v) is 8.38. The van der Waals surface area contributed by atoms with Crippen LogP contribution < -0.4 is 5.32 Å². The molecule has 1 aromatic rings. The molecule has 122 valence electrons. The molecule has 1 rings (SSSR count). The Morgan fingerprint density at radius 1 is 1.27 bits per heavy atom. The summed E-state index contributed by atoms with van der Waals surface area (Å²) in [5.74, 6) is 0.171. The largest absolute Gasteiger partial charge is 0.481 e. The van der Waals surface area contributed by atoms with E-state index in [1.807, 2.05) is 0 Å². The van der Waals surface area contributed by atoms with Crippen LogP contribution in [0.5, 0.6) is 0 Å². The van der Waals surface area contributed by atoms with Gasteiger partial charge in [0.1, 0.15) is 5.82 Å². The molecule has 0 aliphatic rings. The zero-order valence-electron chi connectivity index (χ0n) is 12.8. The minimum Gasteiger partial charge on any atom is -0.481 e. The first-order valence-electron chi connectivity index (χ1n) is 7.23. The lowest BCUT2D eigenvalue weighted by Gasteiger charge is -2.17. The van der Waals surface area contributed by atoms with Crippen molar-refractivity contribution in [2.24, 2.45) is 5.92 Å². The zero-order chi connectivity index (χ0) is 16.5. The molecule has 1 unspecified atom stereocenters. The lowest BCUT2D eigenvalue weighted by molar-refractivity contribution is -0.137. The molecular weight excluding hydrogens is 305 g/mol. The Kier molecular flexibility index (Phi) is 7.95. The van der Waals surface area contributed by atoms with Gasteiger partial charge in [0.2, 0.25) is 5.91 Å². The number of benzene rings is 1. The van der Waals surface area contributed by atoms with Gasteiger partial charge in [0.05, 0.1) is 18.2 Å². The SMILES string of the molecule is CC(C)CCSCC(=O)NC(CC(=O)O)c1ccc(F)cc1. The quantitative estimate of drug-likeness (QED) is 0.683. The van der Waals surface area contributed by atoms with Crippen LogP contribution in [-0.2, 0) is 9.59 Å². The molecule has 0 radical (unpaired) electrons. The topological polar surface area (TPSA) is 66.4 Å². The number of carboxylic acid groups (broad SMARTS) is 1. The summed E-state index contributed by atoms with van der Waals surface area (Å²) in [6.07, 6.45) is 0.808. The average molecular weight is 327 g/mol. The molecule has 1 amide bonds. The third-order valence-electron chi connectivity index (χ3n) is 3.06. The van der Waals surface area contributed by atoms with Crippen LogP contribution in [0.3, 0.4) is 0 Å². The van der Waals surface area contributed by atoms with Crippen molar-refractivity contribution in [1.29, 1.82) is 0 Å². The highest BCUT2D eigenvalue weighted by Crippen LogP contribution is 2.18. The summed E-state index contributed by atoms with van der Waals surface area (Å²) in [6.45, 7) is 4.25. The predicted octanol–water partition coefficient (Wildman–Crippen LogP) is 3.24. The molecule has 1 aromatic carbocycles. The lowest BCUT2D eigenvalue weighted by atomic mass is 10.0. The maximum atomic E-state index is 12.9. The van der Waals surface area contributed by atoms with Crippen LogP contribution in [0.15, 0.2) is 24.3 Å². The van der Waals surface area contributed by atoms with Gasteiger partial charge in [-0.25, -0.2) is 4.39 Å². The van der Waals surface area contributed by atoms with Gasteiger partial charge in [-0.1, -0.05) is 26.0 Å². The fourth-order valence-electron chi connectivity index (χ4n) is 1.84. The maximum Gasteiger partial charge on any atom is 0.305 e. The molecule has 2 N–H and O–H groups in total. The number of amides is 1. The molecule has 1 atom stereocenters. The van der Waals surface area contributed by atoms with Crippen LogP contribution in [0.25, 0.3) is 0 Å². The van der Waals surface area contributed by atoms with E-state index < -0.39 is 17.8 Å². The number of nitrogens with one attached hydrogen (secondary N) is 1. The summed E-state index contributed by atoms with van der Waals surface area (Å²) in [4.78, 5) is 22.9. The van der Waals surface area contributed by atoms with Crippen molar-refractivity contribution in [3.8, 4) is 0 Å². The number of aliphatic carboxylic acids is 1. The molecule has 0 aliphatic heterocycles. The molecule has 22 heavy (non-hydrogen) atoms. The van der Waals surface area contributed by atoms with Gasteiger partial charge in [0, 0.05) is 0 Å². The zero-order valence-corrected chi connectivity index (χ0v) is 13.7. The van der Waals surface area contributed by atoms with E-state index in [4.69, 9.17) is 5.11 Å². The van der Waals surface area contributed by atoms with Crippen molar-refractivity contribution < 1.29 is 19.1 Å². The Labute approximate surface area is 134 Å². The number of rotatable bonds is 9. The minimum absolute atomic E-state index is 0.204. The van der Waals surface area contributed by atoms with E-state index in [2.05, 4.69) is 19.2 Å². The Morgan fingerprint density at radius 3 is 2.45 bits per heavy atom. The van der Waals surface area contributed by atoms with Gasteiger partial charge >= 0.3 is 5.97 Å². The molecule has 0 saturated heterocycles.